The van der Waals surface area contributed by atoms with Crippen LogP contribution in [0.2, 0.25) is 0 Å². The molecule has 1 aliphatic rings. The molecule has 22 heavy (non-hydrogen) atoms. The van der Waals surface area contributed by atoms with E-state index in [1.807, 2.05) is 35.9 Å². The lowest BCUT2D eigenvalue weighted by molar-refractivity contribution is -0.132. The van der Waals surface area contributed by atoms with Gasteiger partial charge in [0.05, 0.1) is 19.3 Å². The number of piperazine rings is 1. The number of ether oxygens (including phenoxy) is 1. The van der Waals surface area contributed by atoms with Gasteiger partial charge in [0.25, 0.3) is 0 Å². The summed E-state index contributed by atoms with van der Waals surface area (Å²) in [6.45, 7) is 6.34. The first-order chi connectivity index (χ1) is 10.1. The van der Waals surface area contributed by atoms with Crippen LogP contribution in [0.25, 0.3) is 0 Å². The minimum atomic E-state index is 0. The smallest absolute Gasteiger partial charge is 0.236 e. The molecule has 0 aliphatic carbocycles. The van der Waals surface area contributed by atoms with Gasteiger partial charge in [-0.2, -0.15) is 0 Å². The van der Waals surface area contributed by atoms with E-state index in [-0.39, 0.29) is 18.3 Å². The first-order valence-electron chi connectivity index (χ1n) is 7.27. The SMILES string of the molecule is COc1cc(C)nc(CN(C)CC(=O)N2CCNCC2)c1.Cl. The van der Waals surface area contributed by atoms with E-state index in [4.69, 9.17) is 4.74 Å². The maximum absolute atomic E-state index is 12.2. The van der Waals surface area contributed by atoms with E-state index in [9.17, 15) is 4.79 Å². The summed E-state index contributed by atoms with van der Waals surface area (Å²) >= 11 is 0. The molecule has 0 atom stereocenters. The van der Waals surface area contributed by atoms with Crippen LogP contribution in [0.3, 0.4) is 0 Å². The standard InChI is InChI=1S/C15H24N4O2.ClH/c1-12-8-14(21-3)9-13(17-12)10-18(2)11-15(20)19-6-4-16-5-7-19;/h8-9,16H,4-7,10-11H2,1-3H3;1H. The highest BCUT2D eigenvalue weighted by molar-refractivity contribution is 5.85. The molecule has 0 unspecified atom stereocenters. The van der Waals surface area contributed by atoms with Crippen molar-refractivity contribution in [2.24, 2.45) is 0 Å². The van der Waals surface area contributed by atoms with Gasteiger partial charge in [-0.1, -0.05) is 0 Å². The second-order valence-electron chi connectivity index (χ2n) is 5.44. The molecule has 124 valence electrons. The number of carbonyl (C=O) groups excluding carboxylic acids is 1. The minimum absolute atomic E-state index is 0. The van der Waals surface area contributed by atoms with Gasteiger partial charge in [-0.15, -0.1) is 12.4 Å². The lowest BCUT2D eigenvalue weighted by Gasteiger charge is -2.29. The highest BCUT2D eigenvalue weighted by Crippen LogP contribution is 2.14. The van der Waals surface area contributed by atoms with Crippen LogP contribution in [0.5, 0.6) is 5.75 Å². The molecule has 1 N–H and O–H groups in total. The monoisotopic (exact) mass is 328 g/mol. The molecule has 1 fully saturated rings. The van der Waals surface area contributed by atoms with Crippen LogP contribution in [0.15, 0.2) is 12.1 Å². The van der Waals surface area contributed by atoms with E-state index in [0.717, 1.165) is 43.3 Å². The number of carbonyl (C=O) groups is 1. The summed E-state index contributed by atoms with van der Waals surface area (Å²) in [6, 6.07) is 3.81. The van der Waals surface area contributed by atoms with Gasteiger partial charge >= 0.3 is 0 Å². The number of aryl methyl sites for hydroxylation is 1. The second kappa shape index (κ2) is 8.92. The zero-order valence-electron chi connectivity index (χ0n) is 13.5. The van der Waals surface area contributed by atoms with Crippen molar-refractivity contribution in [2.45, 2.75) is 13.5 Å². The van der Waals surface area contributed by atoms with Gasteiger partial charge in [-0.3, -0.25) is 14.7 Å². The molecule has 6 nitrogen and oxygen atoms in total. The summed E-state index contributed by atoms with van der Waals surface area (Å²) < 4.78 is 5.25. The molecule has 1 aromatic heterocycles. The number of rotatable bonds is 5. The summed E-state index contributed by atoms with van der Waals surface area (Å²) in [6.07, 6.45) is 0. The number of likely N-dealkylation sites (N-methyl/N-ethyl adjacent to an activating group) is 1. The molecule has 0 bridgehead atoms. The number of nitrogens with one attached hydrogen (secondary N) is 1. The van der Waals surface area contributed by atoms with E-state index >= 15 is 0 Å². The Morgan fingerprint density at radius 2 is 2.09 bits per heavy atom. The zero-order chi connectivity index (χ0) is 15.2. The Kier molecular flexibility index (Phi) is 7.58. The van der Waals surface area contributed by atoms with Gasteiger partial charge < -0.3 is 15.0 Å². The highest BCUT2D eigenvalue weighted by Gasteiger charge is 2.17. The summed E-state index contributed by atoms with van der Waals surface area (Å²) in [5.41, 5.74) is 1.84. The molecular formula is C15H25ClN4O2. The van der Waals surface area contributed by atoms with Crippen LogP contribution in [0.4, 0.5) is 0 Å². The average Bonchev–Trinajstić information content (AvgIpc) is 2.47. The molecule has 1 amide bonds. The summed E-state index contributed by atoms with van der Waals surface area (Å²) in [7, 11) is 3.59. The van der Waals surface area contributed by atoms with Gasteiger partial charge in [0, 0.05) is 50.6 Å². The zero-order valence-corrected chi connectivity index (χ0v) is 14.3. The molecule has 1 aliphatic heterocycles. The number of pyridine rings is 1. The topological polar surface area (TPSA) is 57.7 Å². The third-order valence-electron chi connectivity index (χ3n) is 3.52. The molecular weight excluding hydrogens is 304 g/mol. The van der Waals surface area contributed by atoms with Gasteiger partial charge in [0.15, 0.2) is 0 Å². The Morgan fingerprint density at radius 3 is 2.73 bits per heavy atom. The molecule has 2 rings (SSSR count). The van der Waals surface area contributed by atoms with Crippen molar-refractivity contribution in [1.29, 1.82) is 0 Å². The molecule has 7 heteroatoms. The van der Waals surface area contributed by atoms with Gasteiger partial charge in [0.2, 0.25) is 5.91 Å². The maximum Gasteiger partial charge on any atom is 0.236 e. The van der Waals surface area contributed by atoms with E-state index in [1.165, 1.54) is 0 Å². The Morgan fingerprint density at radius 1 is 1.41 bits per heavy atom. The highest BCUT2D eigenvalue weighted by atomic mass is 35.5. The van der Waals surface area contributed by atoms with Gasteiger partial charge in [-0.25, -0.2) is 0 Å². The lowest BCUT2D eigenvalue weighted by atomic mass is 10.2. The van der Waals surface area contributed by atoms with Crippen LogP contribution in [-0.4, -0.2) is 67.6 Å². The predicted octanol–water partition coefficient (Wildman–Crippen LogP) is 0.684. The molecule has 0 aromatic carbocycles. The number of hydrogen-bond acceptors (Lipinski definition) is 5. The van der Waals surface area contributed by atoms with E-state index in [0.29, 0.717) is 13.1 Å². The van der Waals surface area contributed by atoms with Crippen molar-refractivity contribution >= 4 is 18.3 Å². The summed E-state index contributed by atoms with van der Waals surface area (Å²) in [5, 5.41) is 3.25. The van der Waals surface area contributed by atoms with Crippen molar-refractivity contribution in [2.75, 3.05) is 46.9 Å². The van der Waals surface area contributed by atoms with Crippen LogP contribution < -0.4 is 10.1 Å². The molecule has 1 saturated heterocycles. The number of halogens is 1. The molecule has 1 aromatic rings. The molecule has 0 spiro atoms. The van der Waals surface area contributed by atoms with Crippen molar-refractivity contribution in [3.63, 3.8) is 0 Å². The fourth-order valence-corrected chi connectivity index (χ4v) is 2.48. The maximum atomic E-state index is 12.2. The fourth-order valence-electron chi connectivity index (χ4n) is 2.48. The van der Waals surface area contributed by atoms with Crippen LogP contribution in [0, 0.1) is 6.92 Å². The average molecular weight is 329 g/mol. The number of nitrogens with zero attached hydrogens (tertiary/aromatic N) is 3. The first kappa shape index (κ1) is 18.7. The Balaban J connectivity index is 0.00000242. The largest absolute Gasteiger partial charge is 0.497 e. The van der Waals surface area contributed by atoms with E-state index in [1.54, 1.807) is 7.11 Å². The number of methoxy groups -OCH3 is 1. The van der Waals surface area contributed by atoms with Crippen molar-refractivity contribution in [3.05, 3.63) is 23.5 Å². The predicted molar refractivity (Wildman–Crippen MR) is 88.6 cm³/mol. The van der Waals surface area contributed by atoms with Gasteiger partial charge in [-0.05, 0) is 14.0 Å². The molecule has 2 heterocycles. The second-order valence-corrected chi connectivity index (χ2v) is 5.44. The first-order valence-corrected chi connectivity index (χ1v) is 7.27. The normalized spacial score (nSPS) is 14.6. The van der Waals surface area contributed by atoms with Crippen molar-refractivity contribution in [1.82, 2.24) is 20.1 Å². The third kappa shape index (κ3) is 5.44. The number of hydrogen-bond donors (Lipinski definition) is 1. The summed E-state index contributed by atoms with van der Waals surface area (Å²) in [4.78, 5) is 20.6. The Bertz CT molecular complexity index is 492. The quantitative estimate of drug-likeness (QED) is 0.861. The van der Waals surface area contributed by atoms with Gasteiger partial charge in [0.1, 0.15) is 5.75 Å². The number of amides is 1. The van der Waals surface area contributed by atoms with Crippen molar-refractivity contribution in [3.8, 4) is 5.75 Å². The molecule has 0 radical (unpaired) electrons. The minimum Gasteiger partial charge on any atom is -0.497 e. The van der Waals surface area contributed by atoms with E-state index in [2.05, 4.69) is 10.3 Å². The lowest BCUT2D eigenvalue weighted by Crippen LogP contribution is -2.49. The Labute approximate surface area is 138 Å². The number of aromatic nitrogens is 1. The van der Waals surface area contributed by atoms with Crippen molar-refractivity contribution < 1.29 is 9.53 Å². The van der Waals surface area contributed by atoms with E-state index < -0.39 is 0 Å². The fraction of sp³-hybridized carbons (Fsp3) is 0.600. The van der Waals surface area contributed by atoms with Crippen LogP contribution in [-0.2, 0) is 11.3 Å². The Hall–Kier alpha value is -1.37. The van der Waals surface area contributed by atoms with Crippen LogP contribution in [0.1, 0.15) is 11.4 Å². The summed E-state index contributed by atoms with van der Waals surface area (Å²) in [5.74, 6) is 0.984. The third-order valence-corrected chi connectivity index (χ3v) is 3.52. The van der Waals surface area contributed by atoms with Crippen LogP contribution >= 0.6 is 12.4 Å². The molecule has 0 saturated carbocycles.